The molecule has 0 aliphatic heterocycles. The molecule has 0 aromatic rings. The minimum atomic E-state index is 1.13. The number of allylic oxidation sites excluding steroid dienone is 10. The summed E-state index contributed by atoms with van der Waals surface area (Å²) < 4.78 is 1.13. The topological polar surface area (TPSA) is 0 Å². The Bertz CT molecular complexity index is 522. The van der Waals surface area contributed by atoms with Crippen LogP contribution in [0.3, 0.4) is 0 Å². The SMILES string of the molecule is CC(C)=CCC/C(C)=C/CCC(C)=CCCC(C)=CCCC(C)=CCI. The Morgan fingerprint density at radius 3 is 1.12 bits per heavy atom. The molecule has 0 aliphatic rings. The summed E-state index contributed by atoms with van der Waals surface area (Å²) in [5.41, 5.74) is 7.54. The van der Waals surface area contributed by atoms with Crippen LogP contribution in [0.4, 0.5) is 0 Å². The van der Waals surface area contributed by atoms with Crippen LogP contribution in [0.25, 0.3) is 0 Å². The number of halogens is 1. The van der Waals surface area contributed by atoms with Gasteiger partial charge >= 0.3 is 0 Å². The predicted octanol–water partition coefficient (Wildman–Crippen LogP) is 9.29. The van der Waals surface area contributed by atoms with Crippen molar-refractivity contribution in [1.82, 2.24) is 0 Å². The number of hydrogen-bond acceptors (Lipinski definition) is 0. The Hall–Kier alpha value is -0.570. The van der Waals surface area contributed by atoms with E-state index in [0.717, 1.165) is 4.43 Å². The molecule has 0 aromatic carbocycles. The second-order valence-corrected chi connectivity index (χ2v) is 8.67. The lowest BCUT2D eigenvalue weighted by atomic mass is 10.0. The van der Waals surface area contributed by atoms with E-state index in [-0.39, 0.29) is 0 Å². The first-order chi connectivity index (χ1) is 12.3. The lowest BCUT2D eigenvalue weighted by molar-refractivity contribution is 0.891. The van der Waals surface area contributed by atoms with Crippen LogP contribution in [0.15, 0.2) is 58.2 Å². The Kier molecular flexibility index (Phi) is 16.2. The Morgan fingerprint density at radius 1 is 0.500 bits per heavy atom. The van der Waals surface area contributed by atoms with Gasteiger partial charge in [0.1, 0.15) is 0 Å². The van der Waals surface area contributed by atoms with Gasteiger partial charge in [0.2, 0.25) is 0 Å². The van der Waals surface area contributed by atoms with Gasteiger partial charge in [-0.15, -0.1) is 0 Å². The summed E-state index contributed by atoms with van der Waals surface area (Å²) in [4.78, 5) is 0. The van der Waals surface area contributed by atoms with Gasteiger partial charge in [-0.05, 0) is 92.9 Å². The fourth-order valence-electron chi connectivity index (χ4n) is 2.77. The summed E-state index contributed by atoms with van der Waals surface area (Å²) in [6, 6.07) is 0. The van der Waals surface area contributed by atoms with Crippen molar-refractivity contribution in [2.45, 2.75) is 92.9 Å². The van der Waals surface area contributed by atoms with Crippen LogP contribution in [-0.4, -0.2) is 4.43 Å². The summed E-state index contributed by atoms with van der Waals surface area (Å²) in [5.74, 6) is 0. The van der Waals surface area contributed by atoms with Gasteiger partial charge in [0.25, 0.3) is 0 Å². The monoisotopic (exact) mass is 468 g/mol. The van der Waals surface area contributed by atoms with Crippen molar-refractivity contribution in [3.63, 3.8) is 0 Å². The maximum atomic E-state index is 2.44. The molecule has 0 atom stereocenters. The molecule has 0 bridgehead atoms. The van der Waals surface area contributed by atoms with E-state index in [2.05, 4.69) is 94.5 Å². The van der Waals surface area contributed by atoms with Crippen LogP contribution >= 0.6 is 22.6 Å². The van der Waals surface area contributed by atoms with Gasteiger partial charge in [-0.3, -0.25) is 0 Å². The minimum Gasteiger partial charge on any atom is -0.0856 e. The third-order valence-electron chi connectivity index (χ3n) is 4.61. The first-order valence-corrected chi connectivity index (χ1v) is 11.7. The van der Waals surface area contributed by atoms with Crippen LogP contribution in [0.1, 0.15) is 92.9 Å². The highest BCUT2D eigenvalue weighted by Crippen LogP contribution is 2.14. The Balaban J connectivity index is 4.03. The predicted molar refractivity (Wildman–Crippen MR) is 130 cm³/mol. The van der Waals surface area contributed by atoms with Crippen molar-refractivity contribution < 1.29 is 0 Å². The molecule has 0 N–H and O–H groups in total. The number of alkyl halides is 1. The van der Waals surface area contributed by atoms with E-state index < -0.39 is 0 Å². The second kappa shape index (κ2) is 16.6. The van der Waals surface area contributed by atoms with Crippen LogP contribution in [0.2, 0.25) is 0 Å². The van der Waals surface area contributed by atoms with Crippen LogP contribution in [0, 0.1) is 0 Å². The average Bonchev–Trinajstić information content (AvgIpc) is 2.54. The minimum absolute atomic E-state index is 1.13. The van der Waals surface area contributed by atoms with Crippen molar-refractivity contribution in [3.05, 3.63) is 58.2 Å². The first kappa shape index (κ1) is 25.4. The van der Waals surface area contributed by atoms with Gasteiger partial charge in [0.05, 0.1) is 0 Å². The molecule has 0 spiro atoms. The standard InChI is InChI=1S/C25H41I/c1-21(2)11-7-12-22(3)13-8-14-23(4)15-9-16-24(5)17-10-18-25(6)19-20-26/h11,13,15,17,19H,7-10,12,14,16,18,20H2,1-6H3/b22-13+,23-15?,24-17?,25-19?. The molecule has 0 amide bonds. The summed E-state index contributed by atoms with van der Waals surface area (Å²) >= 11 is 2.41. The van der Waals surface area contributed by atoms with Gasteiger partial charge in [-0.2, -0.15) is 0 Å². The maximum Gasteiger partial charge on any atom is 0.0178 e. The molecule has 0 radical (unpaired) electrons. The first-order valence-electron chi connectivity index (χ1n) is 10.2. The van der Waals surface area contributed by atoms with E-state index in [4.69, 9.17) is 0 Å². The molecule has 0 heterocycles. The molecule has 148 valence electrons. The summed E-state index contributed by atoms with van der Waals surface area (Å²) in [6.07, 6.45) is 21.5. The van der Waals surface area contributed by atoms with Gasteiger partial charge in [-0.25, -0.2) is 0 Å². The van der Waals surface area contributed by atoms with Gasteiger partial charge in [0, 0.05) is 4.43 Å². The zero-order chi connectivity index (χ0) is 19.8. The third kappa shape index (κ3) is 16.9. The Morgan fingerprint density at radius 2 is 0.808 bits per heavy atom. The number of hydrogen-bond donors (Lipinski definition) is 0. The molecule has 0 aromatic heterocycles. The molecule has 1 heteroatoms. The molecule has 0 unspecified atom stereocenters. The highest BCUT2D eigenvalue weighted by atomic mass is 127. The van der Waals surface area contributed by atoms with Gasteiger partial charge in [0.15, 0.2) is 0 Å². The average molecular weight is 469 g/mol. The molecule has 0 rings (SSSR count). The van der Waals surface area contributed by atoms with Crippen molar-refractivity contribution in [2.75, 3.05) is 4.43 Å². The van der Waals surface area contributed by atoms with Crippen molar-refractivity contribution in [3.8, 4) is 0 Å². The van der Waals surface area contributed by atoms with Gasteiger partial charge < -0.3 is 0 Å². The third-order valence-corrected chi connectivity index (χ3v) is 5.05. The fraction of sp³-hybridized carbons (Fsp3) is 0.600. The van der Waals surface area contributed by atoms with E-state index in [1.54, 1.807) is 0 Å². The van der Waals surface area contributed by atoms with E-state index >= 15 is 0 Å². The normalized spacial score (nSPS) is 14.0. The Labute approximate surface area is 177 Å². The fourth-order valence-corrected chi connectivity index (χ4v) is 3.52. The quantitative estimate of drug-likeness (QED) is 0.144. The number of rotatable bonds is 13. The lowest BCUT2D eigenvalue weighted by Crippen LogP contribution is -1.83. The molecule has 0 fully saturated rings. The van der Waals surface area contributed by atoms with Crippen molar-refractivity contribution in [2.24, 2.45) is 0 Å². The summed E-state index contributed by atoms with van der Waals surface area (Å²) in [7, 11) is 0. The lowest BCUT2D eigenvalue weighted by Gasteiger charge is -2.03. The highest BCUT2D eigenvalue weighted by molar-refractivity contribution is 14.1. The summed E-state index contributed by atoms with van der Waals surface area (Å²) in [6.45, 7) is 13.4. The van der Waals surface area contributed by atoms with Crippen molar-refractivity contribution >= 4 is 22.6 Å². The largest absolute Gasteiger partial charge is 0.0856 e. The van der Waals surface area contributed by atoms with Crippen LogP contribution in [0.5, 0.6) is 0 Å². The van der Waals surface area contributed by atoms with E-state index in [9.17, 15) is 0 Å². The smallest absolute Gasteiger partial charge is 0.0178 e. The van der Waals surface area contributed by atoms with Crippen molar-refractivity contribution in [1.29, 1.82) is 0 Å². The maximum absolute atomic E-state index is 2.44. The van der Waals surface area contributed by atoms with Gasteiger partial charge in [-0.1, -0.05) is 80.8 Å². The molecule has 0 saturated carbocycles. The van der Waals surface area contributed by atoms with E-state index in [1.807, 2.05) is 0 Å². The zero-order valence-electron chi connectivity index (χ0n) is 18.1. The van der Waals surface area contributed by atoms with Crippen LogP contribution in [-0.2, 0) is 0 Å². The molecule has 0 aliphatic carbocycles. The molecular weight excluding hydrogens is 427 g/mol. The van der Waals surface area contributed by atoms with Crippen LogP contribution < -0.4 is 0 Å². The second-order valence-electron chi connectivity index (χ2n) is 7.79. The summed E-state index contributed by atoms with van der Waals surface area (Å²) in [5, 5.41) is 0. The van der Waals surface area contributed by atoms with E-state index in [1.165, 1.54) is 79.2 Å². The highest BCUT2D eigenvalue weighted by Gasteiger charge is 1.94. The van der Waals surface area contributed by atoms with E-state index in [0.29, 0.717) is 0 Å². The molecular formula is C25H41I. The zero-order valence-corrected chi connectivity index (χ0v) is 20.3. The molecule has 0 nitrogen and oxygen atoms in total. The molecule has 26 heavy (non-hydrogen) atoms. The molecule has 0 saturated heterocycles.